The normalized spacial score (nSPS) is 14.9. The maximum absolute atomic E-state index is 2.51. The van der Waals surface area contributed by atoms with Crippen LogP contribution in [-0.2, 0) is 18.3 Å². The monoisotopic (exact) mass is 719 g/mol. The molecule has 1 heteroatoms. The highest BCUT2D eigenvalue weighted by atomic mass is 15.1. The summed E-state index contributed by atoms with van der Waals surface area (Å²) in [6, 6.07) is 72.2. The molecule has 0 aliphatic heterocycles. The third-order valence-corrected chi connectivity index (χ3v) is 12.4. The molecule has 0 radical (unpaired) electrons. The van der Waals surface area contributed by atoms with Crippen LogP contribution < -0.4 is 4.90 Å². The Morgan fingerprint density at radius 2 is 1.12 bits per heavy atom. The van der Waals surface area contributed by atoms with Crippen molar-refractivity contribution in [3.63, 3.8) is 0 Å². The Labute approximate surface area is 331 Å². The molecule has 270 valence electrons. The van der Waals surface area contributed by atoms with E-state index in [1.54, 1.807) is 0 Å². The quantitative estimate of drug-likeness (QED) is 0.159. The number of anilines is 3. The number of hydrogen-bond acceptors (Lipinski definition) is 1. The maximum Gasteiger partial charge on any atom is 0.0546 e. The molecule has 1 nitrogen and oxygen atoms in total. The predicted molar refractivity (Wildman–Crippen MR) is 236 cm³/mol. The second kappa shape index (κ2) is 14.0. The van der Waals surface area contributed by atoms with E-state index in [2.05, 4.69) is 213 Å². The third-order valence-electron chi connectivity index (χ3n) is 12.4. The lowest BCUT2D eigenvalue weighted by atomic mass is 9.81. The van der Waals surface area contributed by atoms with Gasteiger partial charge in [0.1, 0.15) is 0 Å². The molecule has 0 aromatic heterocycles. The van der Waals surface area contributed by atoms with Crippen molar-refractivity contribution in [3.05, 3.63) is 222 Å². The fraction of sp³-hybridized carbons (Fsp3) is 0.127. The summed E-state index contributed by atoms with van der Waals surface area (Å²) in [4.78, 5) is 2.51. The molecule has 1 atom stereocenters. The molecular weight excluding hydrogens is 675 g/mol. The van der Waals surface area contributed by atoms with Gasteiger partial charge in [-0.25, -0.2) is 0 Å². The van der Waals surface area contributed by atoms with Crippen molar-refractivity contribution >= 4 is 17.1 Å². The summed E-state index contributed by atoms with van der Waals surface area (Å²) in [5.74, 6) is 0.382. The first-order chi connectivity index (χ1) is 27.5. The lowest BCUT2D eigenvalue weighted by Gasteiger charge is -2.31. The maximum atomic E-state index is 2.51. The number of aryl methyl sites for hydroxylation is 1. The average Bonchev–Trinajstić information content (AvgIpc) is 3.37. The summed E-state index contributed by atoms with van der Waals surface area (Å²) in [5, 5.41) is 0. The van der Waals surface area contributed by atoms with Crippen LogP contribution in [0.15, 0.2) is 194 Å². The summed E-state index contributed by atoms with van der Waals surface area (Å²) < 4.78 is 0. The summed E-state index contributed by atoms with van der Waals surface area (Å²) in [7, 11) is 0. The van der Waals surface area contributed by atoms with Crippen LogP contribution in [0.2, 0.25) is 0 Å². The van der Waals surface area contributed by atoms with Crippen LogP contribution in [0, 0.1) is 0 Å². The molecule has 0 saturated carbocycles. The zero-order valence-corrected chi connectivity index (χ0v) is 32.1. The van der Waals surface area contributed by atoms with Gasteiger partial charge >= 0.3 is 0 Å². The van der Waals surface area contributed by atoms with E-state index in [4.69, 9.17) is 0 Å². The van der Waals surface area contributed by atoms with E-state index in [-0.39, 0.29) is 5.41 Å². The zero-order chi connectivity index (χ0) is 37.6. The van der Waals surface area contributed by atoms with Gasteiger partial charge in [0.15, 0.2) is 0 Å². The highest BCUT2D eigenvalue weighted by Gasteiger charge is 2.36. The lowest BCUT2D eigenvalue weighted by molar-refractivity contribution is 0.629. The van der Waals surface area contributed by atoms with Gasteiger partial charge in [0.05, 0.1) is 5.69 Å². The molecule has 10 rings (SSSR count). The molecular formula is C55H45N. The Morgan fingerprint density at radius 3 is 1.93 bits per heavy atom. The zero-order valence-electron chi connectivity index (χ0n) is 32.1. The average molecular weight is 720 g/mol. The van der Waals surface area contributed by atoms with E-state index in [1.165, 1.54) is 83.7 Å². The minimum absolute atomic E-state index is 0.107. The Balaban J connectivity index is 1.21. The molecule has 2 aliphatic carbocycles. The van der Waals surface area contributed by atoms with Gasteiger partial charge < -0.3 is 4.90 Å². The predicted octanol–water partition coefficient (Wildman–Crippen LogP) is 14.7. The van der Waals surface area contributed by atoms with Crippen molar-refractivity contribution in [2.45, 2.75) is 44.4 Å². The Kier molecular flexibility index (Phi) is 8.52. The molecule has 0 saturated heterocycles. The van der Waals surface area contributed by atoms with Crippen molar-refractivity contribution in [2.75, 3.05) is 4.90 Å². The van der Waals surface area contributed by atoms with E-state index >= 15 is 0 Å². The number of rotatable bonds is 7. The van der Waals surface area contributed by atoms with Crippen LogP contribution >= 0.6 is 0 Å². The Bertz CT molecular complexity index is 2690. The number of hydrogen-bond donors (Lipinski definition) is 0. The highest BCUT2D eigenvalue weighted by Crippen LogP contribution is 2.52. The van der Waals surface area contributed by atoms with Gasteiger partial charge in [0.2, 0.25) is 0 Å². The van der Waals surface area contributed by atoms with Crippen molar-refractivity contribution in [1.29, 1.82) is 0 Å². The van der Waals surface area contributed by atoms with E-state index < -0.39 is 0 Å². The standard InChI is InChI=1S/C55H45N/c1-55(2)51-27-15-14-25-48(51)49-33-31-42(36-52(49)55)54-46(39-19-8-4-9-20-39)26-16-28-53(54)56(43-22-10-5-11-23-43)44-32-34-47-45-24-13-12-21-40(45)29-30-41(50(47)37-44)35-38-17-6-3-7-18-38/h3-28,31-34,36-37,41H,29-30,35H2,1-2H3. The lowest BCUT2D eigenvalue weighted by Crippen LogP contribution is -2.15. The van der Waals surface area contributed by atoms with Gasteiger partial charge in [-0.3, -0.25) is 0 Å². The number of nitrogens with zero attached hydrogens (tertiary/aromatic N) is 1. The molecule has 56 heavy (non-hydrogen) atoms. The summed E-state index contributed by atoms with van der Waals surface area (Å²) >= 11 is 0. The van der Waals surface area contributed by atoms with Crippen LogP contribution in [0.3, 0.4) is 0 Å². The van der Waals surface area contributed by atoms with Crippen molar-refractivity contribution in [2.24, 2.45) is 0 Å². The number of benzene rings is 8. The van der Waals surface area contributed by atoms with Gasteiger partial charge in [-0.1, -0.05) is 172 Å². The van der Waals surface area contributed by atoms with Gasteiger partial charge in [0, 0.05) is 22.4 Å². The van der Waals surface area contributed by atoms with Gasteiger partial charge in [-0.15, -0.1) is 0 Å². The first-order valence-electron chi connectivity index (χ1n) is 20.1. The summed E-state index contributed by atoms with van der Waals surface area (Å²) in [6.07, 6.45) is 3.19. The first kappa shape index (κ1) is 34.1. The number of para-hydroxylation sites is 1. The minimum Gasteiger partial charge on any atom is -0.310 e. The summed E-state index contributed by atoms with van der Waals surface area (Å²) in [5.41, 5.74) is 20.7. The van der Waals surface area contributed by atoms with E-state index in [9.17, 15) is 0 Å². The van der Waals surface area contributed by atoms with Gasteiger partial charge in [0.25, 0.3) is 0 Å². The van der Waals surface area contributed by atoms with E-state index in [0.29, 0.717) is 5.92 Å². The topological polar surface area (TPSA) is 3.24 Å². The van der Waals surface area contributed by atoms with Crippen molar-refractivity contribution in [1.82, 2.24) is 0 Å². The molecule has 0 amide bonds. The van der Waals surface area contributed by atoms with Gasteiger partial charge in [-0.05, 0) is 128 Å². The van der Waals surface area contributed by atoms with Crippen LogP contribution in [0.5, 0.6) is 0 Å². The molecule has 0 heterocycles. The van der Waals surface area contributed by atoms with Crippen LogP contribution in [0.4, 0.5) is 17.1 Å². The molecule has 0 bridgehead atoms. The first-order valence-corrected chi connectivity index (χ1v) is 20.1. The molecule has 1 unspecified atom stereocenters. The molecule has 2 aliphatic rings. The highest BCUT2D eigenvalue weighted by molar-refractivity contribution is 5.98. The fourth-order valence-electron chi connectivity index (χ4n) is 9.62. The molecule has 8 aromatic carbocycles. The van der Waals surface area contributed by atoms with Crippen molar-refractivity contribution < 1.29 is 0 Å². The largest absolute Gasteiger partial charge is 0.310 e. The van der Waals surface area contributed by atoms with Crippen LogP contribution in [0.1, 0.15) is 54.0 Å². The Hall–Kier alpha value is -6.44. The van der Waals surface area contributed by atoms with Crippen LogP contribution in [-0.4, -0.2) is 0 Å². The second-order valence-corrected chi connectivity index (χ2v) is 16.0. The molecule has 0 N–H and O–H groups in total. The van der Waals surface area contributed by atoms with Crippen LogP contribution in [0.25, 0.3) is 44.5 Å². The fourth-order valence-corrected chi connectivity index (χ4v) is 9.62. The van der Waals surface area contributed by atoms with Crippen molar-refractivity contribution in [3.8, 4) is 44.5 Å². The third kappa shape index (κ3) is 5.87. The Morgan fingerprint density at radius 1 is 0.482 bits per heavy atom. The molecule has 0 fully saturated rings. The minimum atomic E-state index is -0.107. The number of fused-ring (bicyclic) bond motifs is 6. The smallest absolute Gasteiger partial charge is 0.0546 e. The second-order valence-electron chi connectivity index (χ2n) is 16.0. The van der Waals surface area contributed by atoms with E-state index in [0.717, 1.165) is 24.9 Å². The van der Waals surface area contributed by atoms with E-state index in [1.807, 2.05) is 0 Å². The SMILES string of the molecule is CC1(C)c2ccccc2-c2ccc(-c3c(-c4ccccc4)cccc3N(c3ccccc3)c3ccc4c(c3)C(Cc3ccccc3)CCc3ccccc3-4)cc21. The summed E-state index contributed by atoms with van der Waals surface area (Å²) in [6.45, 7) is 4.75. The van der Waals surface area contributed by atoms with Gasteiger partial charge in [-0.2, -0.15) is 0 Å². The molecule has 8 aromatic rings. The molecule has 0 spiro atoms.